The Morgan fingerprint density at radius 3 is 2.36 bits per heavy atom. The van der Waals surface area contributed by atoms with E-state index in [1.165, 1.54) is 0 Å². The molecule has 6 heteroatoms. The maximum Gasteiger partial charge on any atom is 0.251 e. The zero-order valence-corrected chi connectivity index (χ0v) is 16.5. The van der Waals surface area contributed by atoms with Gasteiger partial charge in [-0.15, -0.1) is 0 Å². The van der Waals surface area contributed by atoms with Gasteiger partial charge in [-0.25, -0.2) is 0 Å². The Hall–Kier alpha value is -3.02. The Morgan fingerprint density at radius 1 is 1.00 bits per heavy atom. The molecule has 3 rings (SSSR count). The van der Waals surface area contributed by atoms with Crippen LogP contribution in [0.3, 0.4) is 0 Å². The quantitative estimate of drug-likeness (QED) is 0.834. The Balaban J connectivity index is 1.42. The first-order chi connectivity index (χ1) is 13.3. The van der Waals surface area contributed by atoms with E-state index >= 15 is 0 Å². The minimum Gasteiger partial charge on any atom is -0.486 e. The largest absolute Gasteiger partial charge is 0.486 e. The molecule has 148 valence electrons. The summed E-state index contributed by atoms with van der Waals surface area (Å²) < 4.78 is 11.4. The van der Waals surface area contributed by atoms with Gasteiger partial charge in [0.2, 0.25) is 5.91 Å². The third-order valence-electron chi connectivity index (χ3n) is 4.52. The molecule has 0 aliphatic carbocycles. The van der Waals surface area contributed by atoms with Crippen molar-refractivity contribution in [2.45, 2.75) is 32.3 Å². The Labute approximate surface area is 165 Å². The van der Waals surface area contributed by atoms with Gasteiger partial charge < -0.3 is 20.1 Å². The summed E-state index contributed by atoms with van der Waals surface area (Å²) in [6, 6.07) is 14.8. The van der Waals surface area contributed by atoms with E-state index in [1.807, 2.05) is 36.4 Å². The van der Waals surface area contributed by atoms with E-state index in [9.17, 15) is 9.59 Å². The number of benzene rings is 2. The summed E-state index contributed by atoms with van der Waals surface area (Å²) in [5.41, 5.74) is 1.71. The van der Waals surface area contributed by atoms with Crippen LogP contribution in [0.1, 0.15) is 36.7 Å². The van der Waals surface area contributed by atoms with Gasteiger partial charge in [-0.2, -0.15) is 0 Å². The molecule has 0 saturated heterocycles. The van der Waals surface area contributed by atoms with Crippen LogP contribution in [0.5, 0.6) is 11.5 Å². The second kappa shape index (κ2) is 8.33. The van der Waals surface area contributed by atoms with Gasteiger partial charge in [-0.05, 0) is 35.2 Å². The van der Waals surface area contributed by atoms with Crippen molar-refractivity contribution >= 4 is 11.8 Å². The number of fused-ring (bicyclic) bond motifs is 1. The maximum atomic E-state index is 12.2. The lowest BCUT2D eigenvalue weighted by Gasteiger charge is -2.26. The standard InChI is InChI=1S/C22H26N2O4/c1-22(2,3)16-10-8-15(9-11-16)21(26)24-13-20(25)23-12-17-14-27-18-6-4-5-7-19(18)28-17/h4-11,17H,12-14H2,1-3H3,(H,23,25)(H,24,26). The van der Waals surface area contributed by atoms with Crippen molar-refractivity contribution in [2.24, 2.45) is 0 Å². The topological polar surface area (TPSA) is 76.7 Å². The van der Waals surface area contributed by atoms with Crippen molar-refractivity contribution in [1.29, 1.82) is 0 Å². The Morgan fingerprint density at radius 2 is 1.68 bits per heavy atom. The highest BCUT2D eigenvalue weighted by Crippen LogP contribution is 2.30. The van der Waals surface area contributed by atoms with E-state index in [4.69, 9.17) is 9.47 Å². The van der Waals surface area contributed by atoms with Gasteiger partial charge in [0.1, 0.15) is 12.7 Å². The maximum absolute atomic E-state index is 12.2. The van der Waals surface area contributed by atoms with Crippen molar-refractivity contribution in [3.63, 3.8) is 0 Å². The average Bonchev–Trinajstić information content (AvgIpc) is 2.69. The predicted octanol–water partition coefficient (Wildman–Crippen LogP) is 2.67. The summed E-state index contributed by atoms with van der Waals surface area (Å²) >= 11 is 0. The molecule has 28 heavy (non-hydrogen) atoms. The summed E-state index contributed by atoms with van der Waals surface area (Å²) in [4.78, 5) is 24.2. The normalized spacial score (nSPS) is 15.6. The highest BCUT2D eigenvalue weighted by molar-refractivity contribution is 5.96. The van der Waals surface area contributed by atoms with Gasteiger partial charge in [0.25, 0.3) is 5.91 Å². The molecule has 2 aromatic rings. The zero-order chi connectivity index (χ0) is 20.1. The SMILES string of the molecule is CC(C)(C)c1ccc(C(=O)NCC(=O)NCC2COc3ccccc3O2)cc1. The van der Waals surface area contributed by atoms with Crippen LogP contribution in [-0.4, -0.2) is 37.6 Å². The number of amides is 2. The van der Waals surface area contributed by atoms with E-state index in [0.29, 0.717) is 30.2 Å². The molecule has 0 saturated carbocycles. The second-order valence-electron chi connectivity index (χ2n) is 7.81. The van der Waals surface area contributed by atoms with Crippen molar-refractivity contribution < 1.29 is 19.1 Å². The molecule has 0 spiro atoms. The number of nitrogens with one attached hydrogen (secondary N) is 2. The van der Waals surface area contributed by atoms with Gasteiger partial charge in [-0.1, -0.05) is 45.0 Å². The van der Waals surface area contributed by atoms with Gasteiger partial charge in [-0.3, -0.25) is 9.59 Å². The van der Waals surface area contributed by atoms with Crippen LogP contribution in [0.2, 0.25) is 0 Å². The Bertz CT molecular complexity index is 840. The van der Waals surface area contributed by atoms with Gasteiger partial charge >= 0.3 is 0 Å². The molecule has 2 N–H and O–H groups in total. The molecule has 1 atom stereocenters. The first-order valence-corrected chi connectivity index (χ1v) is 9.37. The average molecular weight is 382 g/mol. The third kappa shape index (κ3) is 5.03. The minimum absolute atomic E-state index is 0.0281. The predicted molar refractivity (Wildman–Crippen MR) is 107 cm³/mol. The van der Waals surface area contributed by atoms with Crippen molar-refractivity contribution in [3.05, 3.63) is 59.7 Å². The smallest absolute Gasteiger partial charge is 0.251 e. The molecule has 2 amide bonds. The highest BCUT2D eigenvalue weighted by Gasteiger charge is 2.21. The molecule has 0 aromatic heterocycles. The number of carbonyl (C=O) groups excluding carboxylic acids is 2. The van der Waals surface area contributed by atoms with Crippen LogP contribution in [0.15, 0.2) is 48.5 Å². The van der Waals surface area contributed by atoms with Crippen LogP contribution in [0, 0.1) is 0 Å². The minimum atomic E-state index is -0.276. The summed E-state index contributed by atoms with van der Waals surface area (Å²) in [5.74, 6) is 0.818. The zero-order valence-electron chi connectivity index (χ0n) is 16.5. The number of carbonyl (C=O) groups is 2. The number of hydrogen-bond donors (Lipinski definition) is 2. The molecule has 0 radical (unpaired) electrons. The molecular formula is C22H26N2O4. The fourth-order valence-electron chi connectivity index (χ4n) is 2.84. The summed E-state index contributed by atoms with van der Waals surface area (Å²) in [5, 5.41) is 5.40. The number of ether oxygens (including phenoxy) is 2. The first kappa shape index (κ1) is 19.7. The molecule has 1 heterocycles. The second-order valence-corrected chi connectivity index (χ2v) is 7.81. The van der Waals surface area contributed by atoms with Crippen LogP contribution in [-0.2, 0) is 10.2 Å². The van der Waals surface area contributed by atoms with Gasteiger partial charge in [0, 0.05) is 5.56 Å². The molecule has 2 aromatic carbocycles. The number of rotatable bonds is 5. The van der Waals surface area contributed by atoms with Crippen LogP contribution in [0.25, 0.3) is 0 Å². The summed E-state index contributed by atoms with van der Waals surface area (Å²) in [6.45, 7) is 6.93. The van der Waals surface area contributed by atoms with Crippen LogP contribution >= 0.6 is 0 Å². The van der Waals surface area contributed by atoms with Gasteiger partial charge in [0.05, 0.1) is 13.1 Å². The van der Waals surface area contributed by atoms with E-state index in [-0.39, 0.29) is 29.9 Å². The molecule has 1 aliphatic rings. The molecule has 1 aliphatic heterocycles. The summed E-state index contributed by atoms with van der Waals surface area (Å²) in [6.07, 6.45) is -0.264. The van der Waals surface area contributed by atoms with Gasteiger partial charge in [0.15, 0.2) is 11.5 Å². The summed E-state index contributed by atoms with van der Waals surface area (Å²) in [7, 11) is 0. The third-order valence-corrected chi connectivity index (χ3v) is 4.52. The fourth-order valence-corrected chi connectivity index (χ4v) is 2.84. The Kier molecular flexibility index (Phi) is 5.87. The van der Waals surface area contributed by atoms with E-state index in [0.717, 1.165) is 5.56 Å². The highest BCUT2D eigenvalue weighted by atomic mass is 16.6. The molecule has 6 nitrogen and oxygen atoms in total. The number of hydrogen-bond acceptors (Lipinski definition) is 4. The van der Waals surface area contributed by atoms with Crippen LogP contribution < -0.4 is 20.1 Å². The van der Waals surface area contributed by atoms with E-state index in [1.54, 1.807) is 12.1 Å². The van der Waals surface area contributed by atoms with Crippen molar-refractivity contribution in [2.75, 3.05) is 19.7 Å². The monoisotopic (exact) mass is 382 g/mol. The molecule has 1 unspecified atom stereocenters. The lowest BCUT2D eigenvalue weighted by Crippen LogP contribution is -2.44. The van der Waals surface area contributed by atoms with Crippen LogP contribution in [0.4, 0.5) is 0 Å². The van der Waals surface area contributed by atoms with E-state index < -0.39 is 0 Å². The van der Waals surface area contributed by atoms with Crippen molar-refractivity contribution in [3.8, 4) is 11.5 Å². The van der Waals surface area contributed by atoms with Crippen molar-refractivity contribution in [1.82, 2.24) is 10.6 Å². The molecule has 0 bridgehead atoms. The molecular weight excluding hydrogens is 356 g/mol. The number of para-hydroxylation sites is 2. The lowest BCUT2D eigenvalue weighted by atomic mass is 9.87. The molecule has 0 fully saturated rings. The fraction of sp³-hybridized carbons (Fsp3) is 0.364. The first-order valence-electron chi connectivity index (χ1n) is 9.37. The van der Waals surface area contributed by atoms with E-state index in [2.05, 4.69) is 31.4 Å². The lowest BCUT2D eigenvalue weighted by molar-refractivity contribution is -0.120.